The van der Waals surface area contributed by atoms with Crippen LogP contribution in [0, 0.1) is 0 Å². The largest absolute Gasteiger partial charge is 0.289 e. The first kappa shape index (κ1) is 16.4. The Kier molecular flexibility index (Phi) is 5.52. The molecule has 0 radical (unpaired) electrons. The van der Waals surface area contributed by atoms with E-state index in [9.17, 15) is 4.79 Å². The van der Waals surface area contributed by atoms with Gasteiger partial charge in [-0.05, 0) is 24.3 Å². The van der Waals surface area contributed by atoms with E-state index in [0.717, 1.165) is 11.3 Å². The van der Waals surface area contributed by atoms with Crippen LogP contribution in [-0.2, 0) is 0 Å². The highest BCUT2D eigenvalue weighted by molar-refractivity contribution is 6.14. The minimum atomic E-state index is -0.0519. The summed E-state index contributed by atoms with van der Waals surface area (Å²) in [5.74, 6) is -0.0519. The summed E-state index contributed by atoms with van der Waals surface area (Å²) in [5.41, 5.74) is 6.20. The number of hydrazone groups is 1. The van der Waals surface area contributed by atoms with Crippen LogP contribution in [0.2, 0.25) is 0 Å². The molecule has 3 rings (SSSR count). The molecule has 3 aromatic rings. The second-order valence-corrected chi connectivity index (χ2v) is 5.40. The summed E-state index contributed by atoms with van der Waals surface area (Å²) in [7, 11) is 0. The molecule has 25 heavy (non-hydrogen) atoms. The first-order valence-corrected chi connectivity index (χ1v) is 8.04. The van der Waals surface area contributed by atoms with Crippen LogP contribution in [0.3, 0.4) is 0 Å². The van der Waals surface area contributed by atoms with Gasteiger partial charge >= 0.3 is 0 Å². The number of nitrogens with one attached hydrogen (secondary N) is 1. The maximum absolute atomic E-state index is 12.3. The van der Waals surface area contributed by atoms with Gasteiger partial charge in [-0.3, -0.25) is 10.2 Å². The molecular formula is C22H18N2O. The quantitative estimate of drug-likeness (QED) is 0.302. The van der Waals surface area contributed by atoms with E-state index >= 15 is 0 Å². The fourth-order valence-corrected chi connectivity index (χ4v) is 2.30. The lowest BCUT2D eigenvalue weighted by molar-refractivity contribution is 0.104. The zero-order valence-corrected chi connectivity index (χ0v) is 13.7. The number of nitrogens with zero attached hydrogens (tertiary/aromatic N) is 1. The maximum atomic E-state index is 12.3. The molecule has 0 unspecified atom stereocenters. The Labute approximate surface area is 147 Å². The fourth-order valence-electron chi connectivity index (χ4n) is 2.30. The summed E-state index contributed by atoms with van der Waals surface area (Å²) in [6.07, 6.45) is 3.29. The number of hydrogen-bond acceptors (Lipinski definition) is 3. The van der Waals surface area contributed by atoms with E-state index in [1.807, 2.05) is 78.9 Å². The van der Waals surface area contributed by atoms with E-state index in [1.54, 1.807) is 24.3 Å². The van der Waals surface area contributed by atoms with E-state index in [1.165, 1.54) is 0 Å². The Morgan fingerprint density at radius 1 is 0.680 bits per heavy atom. The number of hydrogen-bond donors (Lipinski definition) is 1. The minimum absolute atomic E-state index is 0.0519. The van der Waals surface area contributed by atoms with Gasteiger partial charge in [-0.25, -0.2) is 0 Å². The molecule has 0 aromatic heterocycles. The third-order valence-corrected chi connectivity index (χ3v) is 3.60. The molecule has 0 aliphatic carbocycles. The molecule has 3 aromatic carbocycles. The van der Waals surface area contributed by atoms with Crippen molar-refractivity contribution in [2.45, 2.75) is 0 Å². The SMILES string of the molecule is O=C(C=CC(=NNc1ccccc1)c1ccccc1)c1ccccc1. The monoisotopic (exact) mass is 326 g/mol. The third kappa shape index (κ3) is 4.75. The van der Waals surface area contributed by atoms with Gasteiger partial charge < -0.3 is 0 Å². The van der Waals surface area contributed by atoms with Gasteiger partial charge in [-0.1, -0.05) is 78.9 Å². The zero-order valence-electron chi connectivity index (χ0n) is 13.7. The number of benzene rings is 3. The Morgan fingerprint density at radius 3 is 1.80 bits per heavy atom. The molecule has 0 spiro atoms. The molecule has 1 N–H and O–H groups in total. The number of carbonyl (C=O) groups excluding carboxylic acids is 1. The van der Waals surface area contributed by atoms with Gasteiger partial charge in [0.25, 0.3) is 0 Å². The molecule has 0 heterocycles. The molecule has 0 saturated heterocycles. The van der Waals surface area contributed by atoms with Crippen LogP contribution < -0.4 is 5.43 Å². The number of rotatable bonds is 6. The minimum Gasteiger partial charge on any atom is -0.289 e. The van der Waals surface area contributed by atoms with Gasteiger partial charge in [-0.15, -0.1) is 0 Å². The Bertz CT molecular complexity index is 870. The van der Waals surface area contributed by atoms with Crippen LogP contribution in [0.1, 0.15) is 15.9 Å². The number of carbonyl (C=O) groups is 1. The van der Waals surface area contributed by atoms with Crippen molar-refractivity contribution in [3.8, 4) is 0 Å². The maximum Gasteiger partial charge on any atom is 0.185 e. The summed E-state index contributed by atoms with van der Waals surface area (Å²) in [5, 5.41) is 4.46. The van der Waals surface area contributed by atoms with Crippen LogP contribution in [0.4, 0.5) is 5.69 Å². The van der Waals surface area contributed by atoms with Crippen molar-refractivity contribution < 1.29 is 4.79 Å². The third-order valence-electron chi connectivity index (χ3n) is 3.60. The standard InChI is InChI=1S/C22H18N2O/c25-22(19-12-6-2-7-13-19)17-16-21(18-10-4-1-5-11-18)24-23-20-14-8-3-9-15-20/h1-17,23H. The van der Waals surface area contributed by atoms with Gasteiger partial charge in [0.15, 0.2) is 5.78 Å². The van der Waals surface area contributed by atoms with Crippen molar-refractivity contribution in [1.82, 2.24) is 0 Å². The highest BCUT2D eigenvalue weighted by Gasteiger charge is 2.03. The number of para-hydroxylation sites is 1. The van der Waals surface area contributed by atoms with Gasteiger partial charge in [0.2, 0.25) is 0 Å². The average molecular weight is 326 g/mol. The van der Waals surface area contributed by atoms with E-state index in [4.69, 9.17) is 0 Å². The van der Waals surface area contributed by atoms with Crippen LogP contribution in [0.25, 0.3) is 0 Å². The molecule has 0 bridgehead atoms. The van der Waals surface area contributed by atoms with E-state index < -0.39 is 0 Å². The summed E-state index contributed by atoms with van der Waals surface area (Å²) in [6.45, 7) is 0. The molecule has 3 heteroatoms. The van der Waals surface area contributed by atoms with Crippen molar-refractivity contribution in [2.24, 2.45) is 5.10 Å². The summed E-state index contributed by atoms with van der Waals surface area (Å²) < 4.78 is 0. The van der Waals surface area contributed by atoms with E-state index in [0.29, 0.717) is 11.3 Å². The molecule has 122 valence electrons. The van der Waals surface area contributed by atoms with Gasteiger partial charge in [-0.2, -0.15) is 5.10 Å². The van der Waals surface area contributed by atoms with Gasteiger partial charge in [0, 0.05) is 11.1 Å². The molecule has 0 atom stereocenters. The average Bonchev–Trinajstić information content (AvgIpc) is 2.70. The molecule has 0 aliphatic heterocycles. The summed E-state index contributed by atoms with van der Waals surface area (Å²) >= 11 is 0. The molecule has 0 aliphatic rings. The summed E-state index contributed by atoms with van der Waals surface area (Å²) in [4.78, 5) is 12.3. The van der Waals surface area contributed by atoms with Gasteiger partial charge in [0.05, 0.1) is 11.4 Å². The lowest BCUT2D eigenvalue weighted by atomic mass is 10.1. The molecule has 0 amide bonds. The molecule has 0 fully saturated rings. The van der Waals surface area contributed by atoms with Crippen LogP contribution in [0.15, 0.2) is 108 Å². The number of anilines is 1. The first-order chi connectivity index (χ1) is 12.3. The topological polar surface area (TPSA) is 41.5 Å². The fraction of sp³-hybridized carbons (Fsp3) is 0. The Morgan fingerprint density at radius 2 is 1.20 bits per heavy atom. The van der Waals surface area contributed by atoms with Crippen molar-refractivity contribution in [3.05, 3.63) is 114 Å². The lowest BCUT2D eigenvalue weighted by Crippen LogP contribution is -2.03. The Hall–Kier alpha value is -3.46. The van der Waals surface area contributed by atoms with Crippen LogP contribution in [-0.4, -0.2) is 11.5 Å². The number of ketones is 1. The van der Waals surface area contributed by atoms with E-state index in [2.05, 4.69) is 10.5 Å². The summed E-state index contributed by atoms with van der Waals surface area (Å²) in [6, 6.07) is 28.7. The van der Waals surface area contributed by atoms with Crippen molar-refractivity contribution in [2.75, 3.05) is 5.43 Å². The number of allylic oxidation sites excluding steroid dienone is 2. The zero-order chi connectivity index (χ0) is 17.3. The second-order valence-electron chi connectivity index (χ2n) is 5.40. The van der Waals surface area contributed by atoms with Crippen molar-refractivity contribution >= 4 is 17.2 Å². The molecule has 0 saturated carbocycles. The van der Waals surface area contributed by atoms with Crippen molar-refractivity contribution in [3.63, 3.8) is 0 Å². The normalized spacial score (nSPS) is 11.4. The molecule has 3 nitrogen and oxygen atoms in total. The second kappa shape index (κ2) is 8.41. The highest BCUT2D eigenvalue weighted by atomic mass is 16.1. The molecular weight excluding hydrogens is 308 g/mol. The highest BCUT2D eigenvalue weighted by Crippen LogP contribution is 2.09. The Balaban J connectivity index is 1.84. The van der Waals surface area contributed by atoms with E-state index in [-0.39, 0.29) is 5.78 Å². The first-order valence-electron chi connectivity index (χ1n) is 8.04. The smallest absolute Gasteiger partial charge is 0.185 e. The predicted molar refractivity (Wildman–Crippen MR) is 103 cm³/mol. The van der Waals surface area contributed by atoms with Gasteiger partial charge in [0.1, 0.15) is 0 Å². The lowest BCUT2D eigenvalue weighted by Gasteiger charge is -2.04. The van der Waals surface area contributed by atoms with Crippen molar-refractivity contribution in [1.29, 1.82) is 0 Å². The predicted octanol–water partition coefficient (Wildman–Crippen LogP) is 4.94. The van der Waals surface area contributed by atoms with Crippen LogP contribution in [0.5, 0.6) is 0 Å². The van der Waals surface area contributed by atoms with Crippen LogP contribution >= 0.6 is 0 Å².